The molecule has 1 aromatic heterocycles. The van der Waals surface area contributed by atoms with Gasteiger partial charge in [0.15, 0.2) is 16.7 Å². The van der Waals surface area contributed by atoms with Crippen LogP contribution in [-0.2, 0) is 5.41 Å². The van der Waals surface area contributed by atoms with Crippen LogP contribution in [0.2, 0.25) is 5.02 Å². The van der Waals surface area contributed by atoms with Crippen molar-refractivity contribution in [3.8, 4) is 5.75 Å². The summed E-state index contributed by atoms with van der Waals surface area (Å²) in [7, 11) is 0. The maximum Gasteiger partial charge on any atom is 0.321 e. The SMILES string of the molecule is C=C(/C=C\C=C/CNC(=O)Nc1nc2ccc(Cl)cc2s1)N1CC(C)(C)c2c(Br)cc(F)c(O)c21. The van der Waals surface area contributed by atoms with Crippen LogP contribution in [-0.4, -0.2) is 29.2 Å². The van der Waals surface area contributed by atoms with E-state index >= 15 is 0 Å². The van der Waals surface area contributed by atoms with Gasteiger partial charge in [0.25, 0.3) is 0 Å². The van der Waals surface area contributed by atoms with E-state index in [9.17, 15) is 14.3 Å². The Hall–Kier alpha value is -2.88. The van der Waals surface area contributed by atoms with Gasteiger partial charge in [-0.05, 0) is 30.3 Å². The number of benzene rings is 2. The molecule has 0 saturated carbocycles. The monoisotopic (exact) mass is 576 g/mol. The Morgan fingerprint density at radius 3 is 2.94 bits per heavy atom. The number of amides is 2. The van der Waals surface area contributed by atoms with Crippen LogP contribution < -0.4 is 15.5 Å². The van der Waals surface area contributed by atoms with Gasteiger partial charge in [-0.3, -0.25) is 5.32 Å². The number of anilines is 2. The lowest BCUT2D eigenvalue weighted by Crippen LogP contribution is -2.28. The molecule has 0 unspecified atom stereocenters. The molecule has 0 fully saturated rings. The molecule has 2 aromatic carbocycles. The second-order valence-electron chi connectivity index (χ2n) is 8.63. The van der Waals surface area contributed by atoms with Crippen LogP contribution in [0.3, 0.4) is 0 Å². The number of aromatic hydroxyl groups is 1. The first-order valence-electron chi connectivity index (χ1n) is 10.7. The van der Waals surface area contributed by atoms with Crippen LogP contribution in [0.15, 0.2) is 65.3 Å². The lowest BCUT2D eigenvalue weighted by atomic mass is 9.87. The molecule has 0 aliphatic carbocycles. The van der Waals surface area contributed by atoms with Gasteiger partial charge in [0.1, 0.15) is 0 Å². The van der Waals surface area contributed by atoms with Crippen molar-refractivity contribution < 1.29 is 14.3 Å². The molecule has 0 saturated heterocycles. The molecule has 35 heavy (non-hydrogen) atoms. The minimum Gasteiger partial charge on any atom is -0.503 e. The maximum absolute atomic E-state index is 14.2. The molecular formula is C25H23BrClFN4O2S. The molecule has 0 spiro atoms. The van der Waals surface area contributed by atoms with Gasteiger partial charge in [0.2, 0.25) is 0 Å². The summed E-state index contributed by atoms with van der Waals surface area (Å²) in [5, 5.41) is 16.9. The first kappa shape index (κ1) is 25.2. The quantitative estimate of drug-likeness (QED) is 0.273. The van der Waals surface area contributed by atoms with Crippen LogP contribution in [0.5, 0.6) is 5.75 Å². The number of fused-ring (bicyclic) bond motifs is 2. The Morgan fingerprint density at radius 1 is 1.40 bits per heavy atom. The standard InChI is InChI=1S/C25H23BrClFN4O2S/c1-14(32-13-25(2,3)20-16(26)12-17(28)22(33)21(20)32)7-5-4-6-10-29-23(34)31-24-30-18-9-8-15(27)11-19(18)35-24/h4-9,11-12,33H,1,10,13H2,2-3H3,(H2,29,30,31,34)/b6-4-,7-5-. The number of thiazole rings is 1. The topological polar surface area (TPSA) is 77.5 Å². The Labute approximate surface area is 219 Å². The van der Waals surface area contributed by atoms with Gasteiger partial charge in [-0.25, -0.2) is 14.2 Å². The second kappa shape index (κ2) is 10.0. The molecule has 3 aromatic rings. The molecule has 3 N–H and O–H groups in total. The molecule has 2 heterocycles. The third-order valence-electron chi connectivity index (χ3n) is 5.51. The van der Waals surface area contributed by atoms with E-state index in [-0.39, 0.29) is 17.2 Å². The molecule has 1 aliphatic heterocycles. The highest BCUT2D eigenvalue weighted by Crippen LogP contribution is 2.51. The van der Waals surface area contributed by atoms with Crippen molar-refractivity contribution in [1.82, 2.24) is 10.3 Å². The number of phenols is 1. The zero-order valence-corrected chi connectivity index (χ0v) is 22.2. The first-order valence-corrected chi connectivity index (χ1v) is 12.7. The van der Waals surface area contributed by atoms with Crippen molar-refractivity contribution in [2.24, 2.45) is 0 Å². The molecule has 6 nitrogen and oxygen atoms in total. The Balaban J connectivity index is 1.32. The molecule has 4 rings (SSSR count). The summed E-state index contributed by atoms with van der Waals surface area (Å²) in [5.41, 5.74) is 2.34. The second-order valence-corrected chi connectivity index (χ2v) is 10.9. The van der Waals surface area contributed by atoms with Crippen LogP contribution in [0.25, 0.3) is 10.2 Å². The lowest BCUT2D eigenvalue weighted by molar-refractivity contribution is 0.253. The van der Waals surface area contributed by atoms with Crippen molar-refractivity contribution in [2.75, 3.05) is 23.3 Å². The summed E-state index contributed by atoms with van der Waals surface area (Å²) >= 11 is 10.8. The molecule has 10 heteroatoms. The van der Waals surface area contributed by atoms with Gasteiger partial charge >= 0.3 is 6.03 Å². The largest absolute Gasteiger partial charge is 0.503 e. The third kappa shape index (κ3) is 5.37. The minimum atomic E-state index is -0.686. The van der Waals surface area contributed by atoms with Crippen molar-refractivity contribution >= 4 is 65.9 Å². The number of hydrogen-bond donors (Lipinski definition) is 3. The van der Waals surface area contributed by atoms with E-state index in [2.05, 4.69) is 38.1 Å². The zero-order chi connectivity index (χ0) is 25.3. The van der Waals surface area contributed by atoms with Crippen molar-refractivity contribution in [3.05, 3.63) is 81.7 Å². The fourth-order valence-corrected chi connectivity index (χ4v) is 6.01. The van der Waals surface area contributed by atoms with Crippen molar-refractivity contribution in [3.63, 3.8) is 0 Å². The normalized spacial score (nSPS) is 14.7. The summed E-state index contributed by atoms with van der Waals surface area (Å²) in [6.45, 7) is 9.00. The van der Waals surface area contributed by atoms with E-state index in [0.717, 1.165) is 15.8 Å². The highest BCUT2D eigenvalue weighted by Gasteiger charge is 2.40. The number of rotatable bonds is 6. The predicted molar refractivity (Wildman–Crippen MR) is 145 cm³/mol. The highest BCUT2D eigenvalue weighted by atomic mass is 79.9. The number of halogens is 3. The number of hydrogen-bond acceptors (Lipinski definition) is 5. The predicted octanol–water partition coefficient (Wildman–Crippen LogP) is 7.10. The lowest BCUT2D eigenvalue weighted by Gasteiger charge is -2.22. The highest BCUT2D eigenvalue weighted by molar-refractivity contribution is 9.10. The van der Waals surface area contributed by atoms with Gasteiger partial charge in [0.05, 0.1) is 15.9 Å². The molecule has 182 valence electrons. The number of urea groups is 1. The van der Waals surface area contributed by atoms with Crippen LogP contribution in [0.4, 0.5) is 20.0 Å². The van der Waals surface area contributed by atoms with Gasteiger partial charge < -0.3 is 15.3 Å². The molecule has 0 bridgehead atoms. The van der Waals surface area contributed by atoms with E-state index in [0.29, 0.717) is 39.1 Å². The number of carbonyl (C=O) groups excluding carboxylic acids is 1. The molecular weight excluding hydrogens is 555 g/mol. The summed E-state index contributed by atoms with van der Waals surface area (Å²) < 4.78 is 15.7. The van der Waals surface area contributed by atoms with E-state index in [1.54, 1.807) is 47.4 Å². The average Bonchev–Trinajstić information content (AvgIpc) is 3.31. The van der Waals surface area contributed by atoms with E-state index < -0.39 is 5.82 Å². The minimum absolute atomic E-state index is 0.303. The Morgan fingerprint density at radius 2 is 2.17 bits per heavy atom. The zero-order valence-electron chi connectivity index (χ0n) is 19.0. The fourth-order valence-electron chi connectivity index (χ4n) is 3.95. The van der Waals surface area contributed by atoms with Crippen LogP contribution in [0, 0.1) is 5.82 Å². The maximum atomic E-state index is 14.2. The molecule has 1 aliphatic rings. The summed E-state index contributed by atoms with van der Waals surface area (Å²) in [5.74, 6) is -1.07. The van der Waals surface area contributed by atoms with E-state index in [1.165, 1.54) is 17.4 Å². The number of nitrogens with one attached hydrogen (secondary N) is 2. The van der Waals surface area contributed by atoms with Gasteiger partial charge in [-0.15, -0.1) is 0 Å². The van der Waals surface area contributed by atoms with E-state index in [1.807, 2.05) is 13.8 Å². The Bertz CT molecular complexity index is 1390. The van der Waals surface area contributed by atoms with Gasteiger partial charge in [-0.2, -0.15) is 0 Å². The van der Waals surface area contributed by atoms with Gasteiger partial charge in [-0.1, -0.05) is 77.5 Å². The number of phenolic OH excluding ortho intramolecular Hbond substituents is 1. The van der Waals surface area contributed by atoms with Crippen LogP contribution >= 0.6 is 38.9 Å². The van der Waals surface area contributed by atoms with Gasteiger partial charge in [0, 0.05) is 39.3 Å². The summed E-state index contributed by atoms with van der Waals surface area (Å²) in [4.78, 5) is 18.3. The first-order chi connectivity index (χ1) is 16.6. The number of aromatic nitrogens is 1. The van der Waals surface area contributed by atoms with Crippen molar-refractivity contribution in [2.45, 2.75) is 19.3 Å². The van der Waals surface area contributed by atoms with E-state index in [4.69, 9.17) is 11.6 Å². The number of carbonyl (C=O) groups is 1. The Kier molecular flexibility index (Phi) is 7.21. The number of nitrogens with zero attached hydrogens (tertiary/aromatic N) is 2. The fraction of sp³-hybridized carbons (Fsp3) is 0.200. The van der Waals surface area contributed by atoms with Crippen molar-refractivity contribution in [1.29, 1.82) is 0 Å². The molecule has 2 amide bonds. The smallest absolute Gasteiger partial charge is 0.321 e. The molecule has 0 radical (unpaired) electrons. The third-order valence-corrected chi connectivity index (χ3v) is 7.31. The molecule has 0 atom stereocenters. The number of allylic oxidation sites excluding steroid dienone is 3. The summed E-state index contributed by atoms with van der Waals surface area (Å²) in [6.07, 6.45) is 7.09. The summed E-state index contributed by atoms with van der Waals surface area (Å²) in [6, 6.07) is 6.28. The van der Waals surface area contributed by atoms with Crippen LogP contribution in [0.1, 0.15) is 19.4 Å². The average molecular weight is 578 g/mol.